The highest BCUT2D eigenvalue weighted by molar-refractivity contribution is 7.14. The Morgan fingerprint density at radius 2 is 1.65 bits per heavy atom. The minimum atomic E-state index is -0.215. The summed E-state index contributed by atoms with van der Waals surface area (Å²) in [7, 11) is 0. The lowest BCUT2D eigenvalue weighted by molar-refractivity contribution is -0.111. The fourth-order valence-electron chi connectivity index (χ4n) is 2.73. The molecule has 3 aromatic rings. The Kier molecular flexibility index (Phi) is 8.67. The molecule has 0 aliphatic heterocycles. The predicted molar refractivity (Wildman–Crippen MR) is 128 cm³/mol. The monoisotopic (exact) mass is 436 g/mol. The molecule has 5 nitrogen and oxygen atoms in total. The first-order valence-corrected chi connectivity index (χ1v) is 11.5. The van der Waals surface area contributed by atoms with Crippen molar-refractivity contribution >= 4 is 28.5 Å². The van der Waals surface area contributed by atoms with Gasteiger partial charge in [-0.15, -0.1) is 11.3 Å². The summed E-state index contributed by atoms with van der Waals surface area (Å²) in [5.41, 5.74) is 2.74. The molecule has 0 spiro atoms. The van der Waals surface area contributed by atoms with E-state index < -0.39 is 0 Å². The molecule has 0 bridgehead atoms. The molecule has 0 aliphatic rings. The molecule has 0 saturated heterocycles. The van der Waals surface area contributed by atoms with Gasteiger partial charge >= 0.3 is 0 Å². The van der Waals surface area contributed by atoms with Crippen molar-refractivity contribution < 1.29 is 14.3 Å². The van der Waals surface area contributed by atoms with E-state index in [1.807, 2.05) is 53.9 Å². The molecule has 1 amide bonds. The number of carbonyl (C=O) groups is 1. The lowest BCUT2D eigenvalue weighted by Crippen LogP contribution is -2.07. The van der Waals surface area contributed by atoms with Crippen LogP contribution < -0.4 is 14.8 Å². The Hall–Kier alpha value is -3.12. The minimum Gasteiger partial charge on any atom is -0.494 e. The second kappa shape index (κ2) is 11.9. The van der Waals surface area contributed by atoms with E-state index in [0.29, 0.717) is 11.7 Å². The van der Waals surface area contributed by atoms with Gasteiger partial charge in [-0.2, -0.15) is 0 Å². The summed E-state index contributed by atoms with van der Waals surface area (Å²) >= 11 is 1.40. The van der Waals surface area contributed by atoms with Crippen molar-refractivity contribution in [2.24, 2.45) is 0 Å². The standard InChI is InChI=1S/C25H28N2O3S/c1-3-5-17-30-21-11-6-19(7-12-21)8-15-24(28)27-25-26-23(18-31-25)20-9-13-22(14-10-20)29-16-4-2/h6-15,18H,3-5,16-17H2,1-2H3,(H,26,27,28). The van der Waals surface area contributed by atoms with E-state index in [1.54, 1.807) is 6.08 Å². The molecular weight excluding hydrogens is 408 g/mol. The van der Waals surface area contributed by atoms with Gasteiger partial charge in [0.2, 0.25) is 5.91 Å². The third-order valence-corrected chi connectivity index (χ3v) is 5.19. The van der Waals surface area contributed by atoms with Crippen molar-refractivity contribution in [3.05, 3.63) is 65.6 Å². The van der Waals surface area contributed by atoms with Crippen molar-refractivity contribution in [3.63, 3.8) is 0 Å². The van der Waals surface area contributed by atoms with Crippen LogP contribution in [0.4, 0.5) is 5.13 Å². The number of hydrogen-bond acceptors (Lipinski definition) is 5. The molecule has 0 radical (unpaired) electrons. The van der Waals surface area contributed by atoms with E-state index in [2.05, 4.69) is 24.1 Å². The maximum atomic E-state index is 12.2. The lowest BCUT2D eigenvalue weighted by atomic mass is 10.2. The summed E-state index contributed by atoms with van der Waals surface area (Å²) in [6.45, 7) is 5.64. The second-order valence-corrected chi connectivity index (χ2v) is 7.86. The average Bonchev–Trinajstić information content (AvgIpc) is 3.26. The highest BCUT2D eigenvalue weighted by atomic mass is 32.1. The first-order chi connectivity index (χ1) is 15.2. The predicted octanol–water partition coefficient (Wildman–Crippen LogP) is 6.43. The van der Waals surface area contributed by atoms with Gasteiger partial charge in [-0.05, 0) is 60.9 Å². The Balaban J connectivity index is 1.52. The number of unbranched alkanes of at least 4 members (excludes halogenated alkanes) is 1. The highest BCUT2D eigenvalue weighted by Crippen LogP contribution is 2.26. The quantitative estimate of drug-likeness (QED) is 0.278. The van der Waals surface area contributed by atoms with Crippen LogP contribution >= 0.6 is 11.3 Å². The molecular formula is C25H28N2O3S. The molecule has 3 rings (SSSR count). The van der Waals surface area contributed by atoms with Gasteiger partial charge in [0.25, 0.3) is 0 Å². The van der Waals surface area contributed by atoms with Crippen LogP contribution in [-0.4, -0.2) is 24.1 Å². The molecule has 31 heavy (non-hydrogen) atoms. The topological polar surface area (TPSA) is 60.5 Å². The molecule has 0 fully saturated rings. The Bertz CT molecular complexity index is 979. The fraction of sp³-hybridized carbons (Fsp3) is 0.280. The number of aromatic nitrogens is 1. The van der Waals surface area contributed by atoms with E-state index in [1.165, 1.54) is 17.4 Å². The third kappa shape index (κ3) is 7.26. The van der Waals surface area contributed by atoms with E-state index in [0.717, 1.165) is 54.2 Å². The van der Waals surface area contributed by atoms with E-state index in [-0.39, 0.29) is 5.91 Å². The summed E-state index contributed by atoms with van der Waals surface area (Å²) in [5, 5.41) is 5.31. The van der Waals surface area contributed by atoms with Crippen LogP contribution in [0.5, 0.6) is 11.5 Å². The summed E-state index contributed by atoms with van der Waals surface area (Å²) < 4.78 is 11.3. The maximum Gasteiger partial charge on any atom is 0.250 e. The Morgan fingerprint density at radius 3 is 2.32 bits per heavy atom. The number of ether oxygens (including phenoxy) is 2. The number of anilines is 1. The Labute approximate surface area is 187 Å². The number of hydrogen-bond donors (Lipinski definition) is 1. The van der Waals surface area contributed by atoms with Crippen molar-refractivity contribution in [2.45, 2.75) is 33.1 Å². The van der Waals surface area contributed by atoms with E-state index >= 15 is 0 Å². The molecule has 0 saturated carbocycles. The number of nitrogens with one attached hydrogen (secondary N) is 1. The van der Waals surface area contributed by atoms with Crippen molar-refractivity contribution in [1.29, 1.82) is 0 Å². The van der Waals surface area contributed by atoms with E-state index in [4.69, 9.17) is 9.47 Å². The number of carbonyl (C=O) groups excluding carboxylic acids is 1. The van der Waals surface area contributed by atoms with Gasteiger partial charge in [0.05, 0.1) is 18.9 Å². The Morgan fingerprint density at radius 1 is 0.968 bits per heavy atom. The van der Waals surface area contributed by atoms with Gasteiger partial charge < -0.3 is 9.47 Å². The zero-order valence-corrected chi connectivity index (χ0v) is 18.8. The van der Waals surface area contributed by atoms with Gasteiger partial charge in [-0.25, -0.2) is 4.98 Å². The summed E-state index contributed by atoms with van der Waals surface area (Å²) in [4.78, 5) is 16.8. The highest BCUT2D eigenvalue weighted by Gasteiger charge is 2.07. The normalized spacial score (nSPS) is 10.9. The minimum absolute atomic E-state index is 0.215. The van der Waals surface area contributed by atoms with Crippen LogP contribution in [0.2, 0.25) is 0 Å². The number of thiazole rings is 1. The smallest absolute Gasteiger partial charge is 0.250 e. The lowest BCUT2D eigenvalue weighted by Gasteiger charge is -2.05. The zero-order valence-electron chi connectivity index (χ0n) is 18.0. The molecule has 2 aromatic carbocycles. The van der Waals surface area contributed by atoms with Crippen LogP contribution in [-0.2, 0) is 4.79 Å². The number of amides is 1. The largest absolute Gasteiger partial charge is 0.494 e. The maximum absolute atomic E-state index is 12.2. The van der Waals surface area contributed by atoms with Gasteiger partial charge in [0.15, 0.2) is 5.13 Å². The zero-order chi connectivity index (χ0) is 21.9. The average molecular weight is 437 g/mol. The molecule has 6 heteroatoms. The van der Waals surface area contributed by atoms with Crippen LogP contribution in [0.25, 0.3) is 17.3 Å². The van der Waals surface area contributed by atoms with Gasteiger partial charge in [-0.1, -0.05) is 32.4 Å². The van der Waals surface area contributed by atoms with Crippen molar-refractivity contribution in [3.8, 4) is 22.8 Å². The molecule has 0 atom stereocenters. The third-order valence-electron chi connectivity index (χ3n) is 4.43. The summed E-state index contributed by atoms with van der Waals surface area (Å²) in [6.07, 6.45) is 6.41. The first kappa shape index (κ1) is 22.6. The van der Waals surface area contributed by atoms with Crippen LogP contribution in [0, 0.1) is 0 Å². The van der Waals surface area contributed by atoms with Crippen LogP contribution in [0.15, 0.2) is 60.0 Å². The van der Waals surface area contributed by atoms with E-state index in [9.17, 15) is 4.79 Å². The SMILES string of the molecule is CCCCOc1ccc(C=CC(=O)Nc2nc(-c3ccc(OCCC)cc3)cs2)cc1. The van der Waals surface area contributed by atoms with Gasteiger partial charge in [0, 0.05) is 17.0 Å². The molecule has 0 unspecified atom stereocenters. The van der Waals surface area contributed by atoms with Crippen LogP contribution in [0.3, 0.4) is 0 Å². The molecule has 0 aliphatic carbocycles. The molecule has 162 valence electrons. The summed E-state index contributed by atoms with van der Waals surface area (Å²) in [6, 6.07) is 15.5. The van der Waals surface area contributed by atoms with Gasteiger partial charge in [0.1, 0.15) is 11.5 Å². The van der Waals surface area contributed by atoms with Crippen molar-refractivity contribution in [2.75, 3.05) is 18.5 Å². The first-order valence-electron chi connectivity index (χ1n) is 10.6. The fourth-order valence-corrected chi connectivity index (χ4v) is 3.46. The molecule has 1 heterocycles. The molecule has 1 N–H and O–H groups in total. The van der Waals surface area contributed by atoms with Crippen molar-refractivity contribution in [1.82, 2.24) is 4.98 Å². The van der Waals surface area contributed by atoms with Gasteiger partial charge in [-0.3, -0.25) is 10.1 Å². The second-order valence-electron chi connectivity index (χ2n) is 7.00. The number of rotatable bonds is 11. The number of nitrogens with zero attached hydrogens (tertiary/aromatic N) is 1. The molecule has 1 aromatic heterocycles. The van der Waals surface area contributed by atoms with Crippen LogP contribution in [0.1, 0.15) is 38.7 Å². The summed E-state index contributed by atoms with van der Waals surface area (Å²) in [5.74, 6) is 1.47. The number of benzene rings is 2.